The molecule has 7 nitrogen and oxygen atoms in total. The minimum absolute atomic E-state index is 0.0622. The molecule has 1 aromatic rings. The average molecular weight is 338 g/mol. The third-order valence-corrected chi connectivity index (χ3v) is 4.09. The number of aromatic amines is 1. The summed E-state index contributed by atoms with van der Waals surface area (Å²) >= 11 is 0. The van der Waals surface area contributed by atoms with Crippen LogP contribution in [0.4, 0.5) is 0 Å². The predicted octanol–water partition coefficient (Wildman–Crippen LogP) is 0.0286. The van der Waals surface area contributed by atoms with Crippen LogP contribution in [0.3, 0.4) is 0 Å². The second-order valence-corrected chi connectivity index (χ2v) is 6.45. The predicted molar refractivity (Wildman–Crippen MR) is 90.4 cm³/mol. The number of nitrogens with one attached hydrogen (secondary N) is 3. The highest BCUT2D eigenvalue weighted by Gasteiger charge is 2.30. The maximum absolute atomic E-state index is 12.8. The molecule has 1 unspecified atom stereocenters. The molecular formula is C17H28N3O4+. The molecule has 0 saturated heterocycles. The van der Waals surface area contributed by atoms with Crippen LogP contribution in [0.1, 0.15) is 52.9 Å². The number of hydrogen-bond acceptors (Lipinski definition) is 4. The number of aromatic nitrogens is 1. The Morgan fingerprint density at radius 3 is 2.29 bits per heavy atom. The number of amides is 1. The van der Waals surface area contributed by atoms with Crippen molar-refractivity contribution < 1.29 is 24.0 Å². The molecule has 0 aliphatic heterocycles. The SMILES string of the molecule is COC(=O)c1c(C)[nH]c(C(=O)[C@@H](C)[NH+](C)CC(=O)NC(C)C)c1C. The van der Waals surface area contributed by atoms with E-state index in [4.69, 9.17) is 4.74 Å². The first-order valence-corrected chi connectivity index (χ1v) is 8.03. The lowest BCUT2D eigenvalue weighted by atomic mass is 10.0. The molecule has 0 aromatic carbocycles. The van der Waals surface area contributed by atoms with Gasteiger partial charge in [0.2, 0.25) is 5.78 Å². The third-order valence-electron chi connectivity index (χ3n) is 4.09. The van der Waals surface area contributed by atoms with Crippen LogP contribution in [-0.2, 0) is 9.53 Å². The second-order valence-electron chi connectivity index (χ2n) is 6.45. The quantitative estimate of drug-likeness (QED) is 0.483. The zero-order valence-corrected chi connectivity index (χ0v) is 15.5. The topological polar surface area (TPSA) is 92.7 Å². The number of quaternary nitrogens is 1. The first-order chi connectivity index (χ1) is 11.1. The number of ketones is 1. The van der Waals surface area contributed by atoms with E-state index in [0.29, 0.717) is 22.5 Å². The van der Waals surface area contributed by atoms with E-state index in [9.17, 15) is 14.4 Å². The highest BCUT2D eigenvalue weighted by Crippen LogP contribution is 2.19. The van der Waals surface area contributed by atoms with E-state index < -0.39 is 12.0 Å². The number of esters is 1. The van der Waals surface area contributed by atoms with Gasteiger partial charge >= 0.3 is 5.97 Å². The molecule has 7 heteroatoms. The minimum Gasteiger partial charge on any atom is -0.465 e. The van der Waals surface area contributed by atoms with E-state index in [1.54, 1.807) is 27.8 Å². The lowest BCUT2D eigenvalue weighted by molar-refractivity contribution is -0.885. The van der Waals surface area contributed by atoms with Crippen molar-refractivity contribution in [2.45, 2.75) is 46.7 Å². The fraction of sp³-hybridized carbons (Fsp3) is 0.588. The molecule has 3 N–H and O–H groups in total. The van der Waals surface area contributed by atoms with Crippen molar-refractivity contribution in [1.82, 2.24) is 10.3 Å². The van der Waals surface area contributed by atoms with Crippen molar-refractivity contribution in [2.24, 2.45) is 0 Å². The summed E-state index contributed by atoms with van der Waals surface area (Å²) in [6, 6.07) is -0.364. The normalized spacial score (nSPS) is 13.5. The molecule has 0 saturated carbocycles. The number of carbonyl (C=O) groups excluding carboxylic acids is 3. The van der Waals surface area contributed by atoms with Gasteiger partial charge in [0, 0.05) is 11.7 Å². The van der Waals surface area contributed by atoms with Crippen LogP contribution in [0.2, 0.25) is 0 Å². The van der Waals surface area contributed by atoms with E-state index in [0.717, 1.165) is 4.90 Å². The minimum atomic E-state index is -0.468. The van der Waals surface area contributed by atoms with Crippen molar-refractivity contribution in [3.63, 3.8) is 0 Å². The van der Waals surface area contributed by atoms with Gasteiger partial charge < -0.3 is 19.9 Å². The summed E-state index contributed by atoms with van der Waals surface area (Å²) in [7, 11) is 3.11. The molecule has 1 rings (SSSR count). The number of rotatable bonds is 7. The van der Waals surface area contributed by atoms with E-state index in [2.05, 4.69) is 10.3 Å². The lowest BCUT2D eigenvalue weighted by Crippen LogP contribution is -3.14. The number of carbonyl (C=O) groups is 3. The lowest BCUT2D eigenvalue weighted by Gasteiger charge is -2.20. The molecule has 0 spiro atoms. The summed E-state index contributed by atoms with van der Waals surface area (Å²) in [6.07, 6.45) is 0. The molecule has 0 aliphatic carbocycles. The summed E-state index contributed by atoms with van der Waals surface area (Å²) < 4.78 is 4.76. The summed E-state index contributed by atoms with van der Waals surface area (Å²) in [6.45, 7) is 9.20. The maximum atomic E-state index is 12.8. The fourth-order valence-electron chi connectivity index (χ4n) is 2.62. The van der Waals surface area contributed by atoms with Crippen LogP contribution in [0.5, 0.6) is 0 Å². The molecule has 0 fully saturated rings. The van der Waals surface area contributed by atoms with Gasteiger partial charge in [-0.25, -0.2) is 4.79 Å². The third kappa shape index (κ3) is 4.44. The molecule has 2 atom stereocenters. The summed E-state index contributed by atoms with van der Waals surface area (Å²) in [4.78, 5) is 40.2. The summed E-state index contributed by atoms with van der Waals surface area (Å²) in [5.74, 6) is -0.706. The van der Waals surface area contributed by atoms with Crippen molar-refractivity contribution in [3.05, 3.63) is 22.5 Å². The number of hydrogen-bond donors (Lipinski definition) is 3. The Labute approximate surface area is 142 Å². The Balaban J connectivity index is 2.93. The van der Waals surface area contributed by atoms with E-state index in [1.165, 1.54) is 7.11 Å². The van der Waals surface area contributed by atoms with E-state index in [1.807, 2.05) is 13.8 Å². The zero-order chi connectivity index (χ0) is 18.6. The summed E-state index contributed by atoms with van der Waals surface area (Å²) in [5, 5.41) is 2.81. The monoisotopic (exact) mass is 338 g/mol. The average Bonchev–Trinajstić information content (AvgIpc) is 2.78. The molecule has 1 amide bonds. The Morgan fingerprint density at radius 2 is 1.79 bits per heavy atom. The van der Waals surface area contributed by atoms with Crippen molar-refractivity contribution in [3.8, 4) is 0 Å². The molecule has 134 valence electrons. The van der Waals surface area contributed by atoms with Crippen molar-refractivity contribution >= 4 is 17.7 Å². The standard InChI is InChI=1S/C17H27N3O4/c1-9(2)18-13(21)8-20(6)12(5)16(22)15-10(3)14(11(4)19-15)17(23)24-7/h9,12,19H,8H2,1-7H3,(H,18,21)/p+1/t12-/m1/s1. The van der Waals surface area contributed by atoms with Crippen molar-refractivity contribution in [2.75, 3.05) is 20.7 Å². The van der Waals surface area contributed by atoms with Crippen LogP contribution >= 0.6 is 0 Å². The Hall–Kier alpha value is -2.15. The largest absolute Gasteiger partial charge is 0.465 e. The van der Waals surface area contributed by atoms with Gasteiger partial charge in [0.05, 0.1) is 25.4 Å². The van der Waals surface area contributed by atoms with E-state index >= 15 is 0 Å². The van der Waals surface area contributed by atoms with Crippen LogP contribution in [0.25, 0.3) is 0 Å². The van der Waals surface area contributed by atoms with Crippen LogP contribution < -0.4 is 10.2 Å². The molecule has 0 bridgehead atoms. The first-order valence-electron chi connectivity index (χ1n) is 8.03. The van der Waals surface area contributed by atoms with Crippen LogP contribution in [0.15, 0.2) is 0 Å². The number of ether oxygens (including phenoxy) is 1. The number of aryl methyl sites for hydroxylation is 1. The van der Waals surface area contributed by atoms with Crippen molar-refractivity contribution in [1.29, 1.82) is 0 Å². The number of likely N-dealkylation sites (N-methyl/N-ethyl adjacent to an activating group) is 1. The van der Waals surface area contributed by atoms with Gasteiger partial charge in [-0.2, -0.15) is 0 Å². The molecule has 0 aliphatic rings. The smallest absolute Gasteiger partial charge is 0.339 e. The Kier molecular flexibility index (Phi) is 6.71. The molecule has 1 aromatic heterocycles. The molecule has 24 heavy (non-hydrogen) atoms. The van der Waals surface area contributed by atoms with Gasteiger partial charge in [0.15, 0.2) is 12.6 Å². The Morgan fingerprint density at radius 1 is 1.21 bits per heavy atom. The zero-order valence-electron chi connectivity index (χ0n) is 15.5. The molecule has 0 radical (unpaired) electrons. The fourth-order valence-corrected chi connectivity index (χ4v) is 2.62. The number of Topliss-reactive ketones (excluding diaryl/α,β-unsaturated/α-hetero) is 1. The van der Waals surface area contributed by atoms with Gasteiger partial charge in [-0.05, 0) is 40.2 Å². The number of H-pyrrole nitrogens is 1. The van der Waals surface area contributed by atoms with Gasteiger partial charge in [0.1, 0.15) is 0 Å². The van der Waals surface area contributed by atoms with Crippen LogP contribution in [0, 0.1) is 13.8 Å². The molecular weight excluding hydrogens is 310 g/mol. The highest BCUT2D eigenvalue weighted by atomic mass is 16.5. The Bertz CT molecular complexity index is 634. The maximum Gasteiger partial charge on any atom is 0.339 e. The van der Waals surface area contributed by atoms with Gasteiger partial charge in [0.25, 0.3) is 5.91 Å². The van der Waals surface area contributed by atoms with Crippen LogP contribution in [-0.4, -0.2) is 55.4 Å². The first kappa shape index (κ1) is 19.9. The second kappa shape index (κ2) is 8.10. The van der Waals surface area contributed by atoms with Gasteiger partial charge in [-0.1, -0.05) is 0 Å². The van der Waals surface area contributed by atoms with Gasteiger partial charge in [-0.3, -0.25) is 9.59 Å². The highest BCUT2D eigenvalue weighted by molar-refractivity contribution is 6.03. The number of methoxy groups -OCH3 is 1. The van der Waals surface area contributed by atoms with Gasteiger partial charge in [-0.15, -0.1) is 0 Å². The van der Waals surface area contributed by atoms with E-state index in [-0.39, 0.29) is 24.3 Å². The molecule has 1 heterocycles. The summed E-state index contributed by atoms with van der Waals surface area (Å²) in [5.41, 5.74) is 1.97.